The lowest BCUT2D eigenvalue weighted by atomic mass is 10.0. The van der Waals surface area contributed by atoms with Gasteiger partial charge in [-0.25, -0.2) is 0 Å². The molecule has 0 spiro atoms. The summed E-state index contributed by atoms with van der Waals surface area (Å²) >= 11 is 5.86. The fourth-order valence-corrected chi connectivity index (χ4v) is 3.09. The van der Waals surface area contributed by atoms with E-state index >= 15 is 0 Å². The molecule has 1 saturated heterocycles. The maximum atomic E-state index is 12.2. The molecule has 1 N–H and O–H groups in total. The summed E-state index contributed by atoms with van der Waals surface area (Å²) in [7, 11) is 0. The van der Waals surface area contributed by atoms with Gasteiger partial charge in [-0.15, -0.1) is 0 Å². The first-order valence-electron chi connectivity index (χ1n) is 8.92. The molecule has 142 valence electrons. The molecule has 0 saturated carbocycles. The van der Waals surface area contributed by atoms with E-state index in [2.05, 4.69) is 5.32 Å². The Bertz CT molecular complexity index is 640. The number of hydrogen-bond acceptors (Lipinski definition) is 3. The van der Waals surface area contributed by atoms with Crippen LogP contribution in [-0.4, -0.2) is 60.2 Å². The molecule has 6 nitrogen and oxygen atoms in total. The van der Waals surface area contributed by atoms with Crippen LogP contribution in [0.3, 0.4) is 0 Å². The molecule has 26 heavy (non-hydrogen) atoms. The van der Waals surface area contributed by atoms with Gasteiger partial charge in [0.25, 0.3) is 0 Å². The fourth-order valence-electron chi connectivity index (χ4n) is 2.96. The molecule has 1 aliphatic rings. The molecule has 1 fully saturated rings. The van der Waals surface area contributed by atoms with Crippen LogP contribution < -0.4 is 5.32 Å². The highest BCUT2D eigenvalue weighted by Crippen LogP contribution is 2.13. The van der Waals surface area contributed by atoms with Crippen LogP contribution in [-0.2, 0) is 20.8 Å². The molecule has 1 heterocycles. The standard InChI is InChI=1S/C19H26ClN3O3/c1-14(13-16-3-5-17(20)6-4-16)19(26)21-8-7-18(25)23-11-9-22(10-12-23)15(2)24/h3-6,14H,7-13H2,1-2H3,(H,21,26). The van der Waals surface area contributed by atoms with Gasteiger partial charge in [0.15, 0.2) is 0 Å². The number of nitrogens with one attached hydrogen (secondary N) is 1. The number of nitrogens with zero attached hydrogens (tertiary/aromatic N) is 2. The van der Waals surface area contributed by atoms with Crippen molar-refractivity contribution in [2.75, 3.05) is 32.7 Å². The summed E-state index contributed by atoms with van der Waals surface area (Å²) < 4.78 is 0. The maximum Gasteiger partial charge on any atom is 0.224 e. The smallest absolute Gasteiger partial charge is 0.224 e. The topological polar surface area (TPSA) is 69.7 Å². The van der Waals surface area contributed by atoms with E-state index in [-0.39, 0.29) is 30.1 Å². The minimum absolute atomic E-state index is 0.0128. The van der Waals surface area contributed by atoms with E-state index in [1.807, 2.05) is 31.2 Å². The van der Waals surface area contributed by atoms with Gasteiger partial charge in [0.05, 0.1) is 0 Å². The molecule has 0 aromatic heterocycles. The zero-order valence-corrected chi connectivity index (χ0v) is 16.1. The average molecular weight is 380 g/mol. The minimum Gasteiger partial charge on any atom is -0.355 e. The molecule has 1 aromatic rings. The van der Waals surface area contributed by atoms with Gasteiger partial charge in [-0.3, -0.25) is 14.4 Å². The first-order valence-corrected chi connectivity index (χ1v) is 9.30. The summed E-state index contributed by atoms with van der Waals surface area (Å²) in [5.74, 6) is -0.183. The van der Waals surface area contributed by atoms with Crippen LogP contribution in [0.15, 0.2) is 24.3 Å². The molecule has 0 aliphatic carbocycles. The molecule has 7 heteroatoms. The molecule has 1 atom stereocenters. The van der Waals surface area contributed by atoms with Crippen LogP contribution in [0, 0.1) is 5.92 Å². The normalized spacial score (nSPS) is 15.5. The van der Waals surface area contributed by atoms with E-state index in [1.54, 1.807) is 9.80 Å². The van der Waals surface area contributed by atoms with Gasteiger partial charge in [0.1, 0.15) is 0 Å². The van der Waals surface area contributed by atoms with Crippen LogP contribution in [0.1, 0.15) is 25.8 Å². The highest BCUT2D eigenvalue weighted by atomic mass is 35.5. The van der Waals surface area contributed by atoms with E-state index in [4.69, 9.17) is 11.6 Å². The second kappa shape index (κ2) is 9.57. The Morgan fingerprint density at radius 1 is 1.08 bits per heavy atom. The van der Waals surface area contributed by atoms with Crippen molar-refractivity contribution in [3.63, 3.8) is 0 Å². The maximum absolute atomic E-state index is 12.2. The molecule has 3 amide bonds. The Kier molecular flexibility index (Phi) is 7.45. The lowest BCUT2D eigenvalue weighted by Gasteiger charge is -2.34. The number of piperazine rings is 1. The number of benzene rings is 1. The Hall–Kier alpha value is -2.08. The van der Waals surface area contributed by atoms with E-state index in [0.717, 1.165) is 5.56 Å². The zero-order chi connectivity index (χ0) is 19.1. The third-order valence-corrected chi connectivity index (χ3v) is 4.87. The Morgan fingerprint density at radius 3 is 2.23 bits per heavy atom. The third kappa shape index (κ3) is 6.02. The number of amides is 3. The zero-order valence-electron chi connectivity index (χ0n) is 15.3. The SMILES string of the molecule is CC(=O)N1CCN(C(=O)CCNC(=O)C(C)Cc2ccc(Cl)cc2)CC1. The van der Waals surface area contributed by atoms with Crippen molar-refractivity contribution in [1.29, 1.82) is 0 Å². The molecule has 0 radical (unpaired) electrons. The summed E-state index contributed by atoms with van der Waals surface area (Å²) in [5, 5.41) is 3.51. The van der Waals surface area contributed by atoms with Crippen molar-refractivity contribution < 1.29 is 14.4 Å². The monoisotopic (exact) mass is 379 g/mol. The Balaban J connectivity index is 1.68. The minimum atomic E-state index is -0.176. The van der Waals surface area contributed by atoms with Crippen LogP contribution >= 0.6 is 11.6 Å². The quantitative estimate of drug-likeness (QED) is 0.818. The highest BCUT2D eigenvalue weighted by molar-refractivity contribution is 6.30. The number of hydrogen-bond donors (Lipinski definition) is 1. The number of carbonyl (C=O) groups is 3. The van der Waals surface area contributed by atoms with Crippen molar-refractivity contribution in [3.8, 4) is 0 Å². The van der Waals surface area contributed by atoms with Crippen molar-refractivity contribution in [3.05, 3.63) is 34.9 Å². The predicted octanol–water partition coefficient (Wildman–Crippen LogP) is 1.72. The summed E-state index contributed by atoms with van der Waals surface area (Å²) in [6.07, 6.45) is 0.906. The lowest BCUT2D eigenvalue weighted by molar-refractivity contribution is -0.138. The van der Waals surface area contributed by atoms with Crippen LogP contribution in [0.25, 0.3) is 0 Å². The van der Waals surface area contributed by atoms with Gasteiger partial charge in [0, 0.05) is 57.0 Å². The molecule has 0 bridgehead atoms. The fraction of sp³-hybridized carbons (Fsp3) is 0.526. The van der Waals surface area contributed by atoms with Crippen molar-refractivity contribution in [1.82, 2.24) is 15.1 Å². The van der Waals surface area contributed by atoms with Crippen molar-refractivity contribution in [2.24, 2.45) is 5.92 Å². The summed E-state index contributed by atoms with van der Waals surface area (Å²) in [6, 6.07) is 7.45. The van der Waals surface area contributed by atoms with Gasteiger partial charge >= 0.3 is 0 Å². The third-order valence-electron chi connectivity index (χ3n) is 4.62. The first kappa shape index (κ1) is 20.2. The number of halogens is 1. The lowest BCUT2D eigenvalue weighted by Crippen LogP contribution is -2.50. The number of carbonyl (C=O) groups excluding carboxylic acids is 3. The predicted molar refractivity (Wildman–Crippen MR) is 101 cm³/mol. The van der Waals surface area contributed by atoms with Crippen molar-refractivity contribution in [2.45, 2.75) is 26.7 Å². The Labute approximate surface area is 159 Å². The summed E-state index contributed by atoms with van der Waals surface area (Å²) in [5.41, 5.74) is 1.05. The first-order chi connectivity index (χ1) is 12.4. The van der Waals surface area contributed by atoms with E-state index in [1.165, 1.54) is 6.92 Å². The van der Waals surface area contributed by atoms with Crippen LogP contribution in [0.4, 0.5) is 0 Å². The summed E-state index contributed by atoms with van der Waals surface area (Å²) in [4.78, 5) is 39.2. The molecule has 1 aromatic carbocycles. The van der Waals surface area contributed by atoms with E-state index < -0.39 is 0 Å². The molecule has 1 unspecified atom stereocenters. The van der Waals surface area contributed by atoms with Crippen molar-refractivity contribution >= 4 is 29.3 Å². The van der Waals surface area contributed by atoms with Gasteiger partial charge < -0.3 is 15.1 Å². The van der Waals surface area contributed by atoms with E-state index in [9.17, 15) is 14.4 Å². The molecule has 1 aliphatic heterocycles. The Morgan fingerprint density at radius 2 is 1.65 bits per heavy atom. The van der Waals surface area contributed by atoms with Gasteiger partial charge in [0.2, 0.25) is 17.7 Å². The summed E-state index contributed by atoms with van der Waals surface area (Å²) in [6.45, 7) is 6.00. The van der Waals surface area contributed by atoms with Crippen LogP contribution in [0.2, 0.25) is 5.02 Å². The van der Waals surface area contributed by atoms with Gasteiger partial charge in [-0.2, -0.15) is 0 Å². The largest absolute Gasteiger partial charge is 0.355 e. The van der Waals surface area contributed by atoms with E-state index in [0.29, 0.717) is 44.2 Å². The average Bonchev–Trinajstić information content (AvgIpc) is 2.63. The van der Waals surface area contributed by atoms with Gasteiger partial charge in [-0.1, -0.05) is 30.7 Å². The number of rotatable bonds is 6. The molecular weight excluding hydrogens is 354 g/mol. The van der Waals surface area contributed by atoms with Crippen LogP contribution in [0.5, 0.6) is 0 Å². The highest BCUT2D eigenvalue weighted by Gasteiger charge is 2.22. The second-order valence-corrected chi connectivity index (χ2v) is 7.10. The molecule has 2 rings (SSSR count). The van der Waals surface area contributed by atoms with Gasteiger partial charge in [-0.05, 0) is 24.1 Å². The second-order valence-electron chi connectivity index (χ2n) is 6.66. The molecular formula is C19H26ClN3O3.